The van der Waals surface area contributed by atoms with E-state index >= 15 is 0 Å². The average Bonchev–Trinajstić information content (AvgIpc) is 2.46. The Hall–Kier alpha value is -1.46. The zero-order valence-electron chi connectivity index (χ0n) is 11.9. The van der Waals surface area contributed by atoms with E-state index in [-0.39, 0.29) is 0 Å². The van der Waals surface area contributed by atoms with Gasteiger partial charge in [0, 0.05) is 36.3 Å². The van der Waals surface area contributed by atoms with E-state index in [2.05, 4.69) is 4.98 Å². The molecule has 0 aliphatic heterocycles. The first-order valence-electron chi connectivity index (χ1n) is 6.94. The number of hydrogen-bond donors (Lipinski definition) is 0. The molecule has 0 aliphatic carbocycles. The summed E-state index contributed by atoms with van der Waals surface area (Å²) in [6.07, 6.45) is 4.95. The van der Waals surface area contributed by atoms with E-state index in [9.17, 15) is 8.42 Å². The minimum Gasteiger partial charge on any atom is -0.264 e. The van der Waals surface area contributed by atoms with Crippen LogP contribution in [0, 0.1) is 0 Å². The summed E-state index contributed by atoms with van der Waals surface area (Å²) in [4.78, 5) is 4.42. The molecule has 1 heterocycles. The van der Waals surface area contributed by atoms with Crippen LogP contribution in [0.3, 0.4) is 0 Å². The second-order valence-corrected chi connectivity index (χ2v) is 6.66. The minimum atomic E-state index is -3.45. The molecule has 0 spiro atoms. The fourth-order valence-electron chi connectivity index (χ4n) is 2.31. The van der Waals surface area contributed by atoms with Gasteiger partial charge in [0.25, 0.3) is 0 Å². The Kier molecular flexibility index (Phi) is 4.73. The van der Waals surface area contributed by atoms with Crippen molar-refractivity contribution in [1.29, 1.82) is 0 Å². The van der Waals surface area contributed by atoms with Crippen molar-refractivity contribution < 1.29 is 8.42 Å². The Morgan fingerprint density at radius 1 is 1.10 bits per heavy atom. The van der Waals surface area contributed by atoms with Gasteiger partial charge in [-0.15, -0.1) is 0 Å². The molecule has 0 unspecified atom stereocenters. The van der Waals surface area contributed by atoms with Crippen molar-refractivity contribution in [1.82, 2.24) is 9.29 Å². The van der Waals surface area contributed by atoms with Crippen molar-refractivity contribution in [3.63, 3.8) is 0 Å². The van der Waals surface area contributed by atoms with Crippen LogP contribution in [-0.2, 0) is 10.0 Å². The lowest BCUT2D eigenvalue weighted by Gasteiger charge is -2.21. The zero-order valence-corrected chi connectivity index (χ0v) is 12.7. The molecule has 20 heavy (non-hydrogen) atoms. The molecule has 0 atom stereocenters. The summed E-state index contributed by atoms with van der Waals surface area (Å²) in [5.41, 5.74) is 0. The molecule has 0 amide bonds. The predicted octanol–water partition coefficient (Wildman–Crippen LogP) is 3.05. The van der Waals surface area contributed by atoms with Crippen molar-refractivity contribution in [3.8, 4) is 0 Å². The van der Waals surface area contributed by atoms with Crippen LogP contribution < -0.4 is 0 Å². The summed E-state index contributed by atoms with van der Waals surface area (Å²) in [6.45, 7) is 5.09. The lowest BCUT2D eigenvalue weighted by Crippen LogP contribution is -2.32. The van der Waals surface area contributed by atoms with Gasteiger partial charge in [-0.3, -0.25) is 4.98 Å². The molecule has 1 aromatic carbocycles. The first-order valence-corrected chi connectivity index (χ1v) is 8.38. The van der Waals surface area contributed by atoms with Gasteiger partial charge in [-0.2, -0.15) is 4.31 Å². The lowest BCUT2D eigenvalue weighted by molar-refractivity contribution is 0.410. The molecule has 4 nitrogen and oxygen atoms in total. The Balaban J connectivity index is 2.56. The number of aromatic nitrogens is 1. The molecule has 0 saturated heterocycles. The third-order valence-corrected chi connectivity index (χ3v) is 5.16. The number of sulfonamides is 1. The second kappa shape index (κ2) is 6.33. The average molecular weight is 292 g/mol. The first-order chi connectivity index (χ1) is 9.61. The van der Waals surface area contributed by atoms with E-state index in [1.807, 2.05) is 19.9 Å². The fraction of sp³-hybridized carbons (Fsp3) is 0.400. The molecule has 2 rings (SSSR count). The van der Waals surface area contributed by atoms with Crippen molar-refractivity contribution in [2.75, 3.05) is 13.1 Å². The fourth-order valence-corrected chi connectivity index (χ4v) is 4.15. The van der Waals surface area contributed by atoms with Crippen LogP contribution in [0.1, 0.15) is 26.7 Å². The van der Waals surface area contributed by atoms with E-state index in [1.54, 1.807) is 34.9 Å². The topological polar surface area (TPSA) is 50.3 Å². The number of hydrogen-bond acceptors (Lipinski definition) is 3. The summed E-state index contributed by atoms with van der Waals surface area (Å²) >= 11 is 0. The van der Waals surface area contributed by atoms with Gasteiger partial charge < -0.3 is 0 Å². The molecule has 5 heteroatoms. The third-order valence-electron chi connectivity index (χ3n) is 3.20. The number of pyridine rings is 1. The molecule has 1 aromatic heterocycles. The summed E-state index contributed by atoms with van der Waals surface area (Å²) in [5, 5.41) is 1.58. The van der Waals surface area contributed by atoms with Crippen LogP contribution in [0.2, 0.25) is 0 Å². The number of nitrogens with zero attached hydrogens (tertiary/aromatic N) is 2. The maximum atomic E-state index is 12.8. The lowest BCUT2D eigenvalue weighted by atomic mass is 10.2. The predicted molar refractivity (Wildman–Crippen MR) is 81.1 cm³/mol. The number of rotatable bonds is 6. The molecule has 0 N–H and O–H groups in total. The summed E-state index contributed by atoms with van der Waals surface area (Å²) in [7, 11) is -3.45. The highest BCUT2D eigenvalue weighted by Crippen LogP contribution is 2.25. The van der Waals surface area contributed by atoms with Crippen molar-refractivity contribution in [3.05, 3.63) is 36.7 Å². The molecule has 108 valence electrons. The van der Waals surface area contributed by atoms with Crippen LogP contribution in [-0.4, -0.2) is 30.8 Å². The number of fused-ring (bicyclic) bond motifs is 1. The highest BCUT2D eigenvalue weighted by atomic mass is 32.2. The van der Waals surface area contributed by atoms with Gasteiger partial charge in [-0.1, -0.05) is 26.0 Å². The van der Waals surface area contributed by atoms with Gasteiger partial charge in [-0.05, 0) is 25.0 Å². The van der Waals surface area contributed by atoms with Crippen molar-refractivity contribution >= 4 is 20.8 Å². The Labute approximate surface area is 120 Å². The van der Waals surface area contributed by atoms with Gasteiger partial charge >= 0.3 is 0 Å². The SMILES string of the molecule is CCCN(CCC)S(=O)(=O)c1cccc2cnccc12. The number of benzene rings is 1. The minimum absolute atomic E-state index is 0.374. The van der Waals surface area contributed by atoms with Gasteiger partial charge in [0.2, 0.25) is 10.0 Å². The Bertz CT molecular complexity index is 672. The van der Waals surface area contributed by atoms with Crippen LogP contribution in [0.5, 0.6) is 0 Å². The van der Waals surface area contributed by atoms with Gasteiger partial charge in [0.1, 0.15) is 0 Å². The van der Waals surface area contributed by atoms with E-state index in [4.69, 9.17) is 0 Å². The van der Waals surface area contributed by atoms with E-state index in [0.29, 0.717) is 18.0 Å². The second-order valence-electron chi connectivity index (χ2n) is 4.76. The zero-order chi connectivity index (χ0) is 14.6. The van der Waals surface area contributed by atoms with Gasteiger partial charge in [-0.25, -0.2) is 8.42 Å². The molecular weight excluding hydrogens is 272 g/mol. The molecule has 2 aromatic rings. The van der Waals surface area contributed by atoms with E-state index < -0.39 is 10.0 Å². The quantitative estimate of drug-likeness (QED) is 0.822. The Morgan fingerprint density at radius 2 is 1.80 bits per heavy atom. The highest BCUT2D eigenvalue weighted by molar-refractivity contribution is 7.89. The molecule has 0 bridgehead atoms. The molecule has 0 aliphatic rings. The smallest absolute Gasteiger partial charge is 0.243 e. The highest BCUT2D eigenvalue weighted by Gasteiger charge is 2.24. The van der Waals surface area contributed by atoms with Crippen molar-refractivity contribution in [2.45, 2.75) is 31.6 Å². The third kappa shape index (κ3) is 2.83. The molecule has 0 saturated carbocycles. The summed E-state index contributed by atoms with van der Waals surface area (Å²) in [6, 6.07) is 7.09. The maximum absolute atomic E-state index is 12.8. The molecule has 0 fully saturated rings. The van der Waals surface area contributed by atoms with Crippen molar-refractivity contribution in [2.24, 2.45) is 0 Å². The monoisotopic (exact) mass is 292 g/mol. The largest absolute Gasteiger partial charge is 0.264 e. The summed E-state index contributed by atoms with van der Waals surface area (Å²) in [5.74, 6) is 0. The summed E-state index contributed by atoms with van der Waals surface area (Å²) < 4.78 is 27.2. The van der Waals surface area contributed by atoms with Gasteiger partial charge in [0.15, 0.2) is 0 Å². The van der Waals surface area contributed by atoms with Crippen LogP contribution in [0.25, 0.3) is 10.8 Å². The Morgan fingerprint density at radius 3 is 2.45 bits per heavy atom. The van der Waals surface area contributed by atoms with Crippen LogP contribution in [0.4, 0.5) is 0 Å². The van der Waals surface area contributed by atoms with E-state index in [1.165, 1.54) is 0 Å². The van der Waals surface area contributed by atoms with Crippen LogP contribution in [0.15, 0.2) is 41.6 Å². The van der Waals surface area contributed by atoms with Gasteiger partial charge in [0.05, 0.1) is 4.90 Å². The van der Waals surface area contributed by atoms with Crippen LogP contribution >= 0.6 is 0 Å². The maximum Gasteiger partial charge on any atom is 0.243 e. The normalized spacial score (nSPS) is 12.2. The molecular formula is C15H20N2O2S. The standard InChI is InChI=1S/C15H20N2O2S/c1-3-10-17(11-4-2)20(18,19)15-7-5-6-13-12-16-9-8-14(13)15/h5-9,12H,3-4,10-11H2,1-2H3. The van der Waals surface area contributed by atoms with E-state index in [0.717, 1.165) is 23.6 Å². The first kappa shape index (κ1) is 14.9. The molecule has 0 radical (unpaired) electrons.